The van der Waals surface area contributed by atoms with E-state index in [1.54, 1.807) is 0 Å². The lowest BCUT2D eigenvalue weighted by Crippen LogP contribution is -2.38. The Morgan fingerprint density at radius 2 is 0.900 bits per heavy atom. The summed E-state index contributed by atoms with van der Waals surface area (Å²) < 4.78 is 10.6. The Hall–Kier alpha value is -7.78. The molecule has 22 heteroatoms. The molecule has 0 radical (unpaired) electrons. The summed E-state index contributed by atoms with van der Waals surface area (Å²) >= 11 is 0. The van der Waals surface area contributed by atoms with Crippen LogP contribution in [-0.2, 0) is 9.59 Å². The molecule has 0 fully saturated rings. The second kappa shape index (κ2) is 15.2. The van der Waals surface area contributed by atoms with Crippen molar-refractivity contribution in [3.63, 3.8) is 0 Å². The molecule has 2 aromatic carbocycles. The molecule has 0 aliphatic heterocycles. The Kier molecular flexibility index (Phi) is 11.2. The summed E-state index contributed by atoms with van der Waals surface area (Å²) in [7, 11) is 0. The zero-order valence-electron chi connectivity index (χ0n) is 25.1. The van der Waals surface area contributed by atoms with E-state index < -0.39 is 88.8 Å². The SMILES string of the molecule is Cc1cc([N+](=O)[O-])cc([N+](=O)[O-])c1OC(=O)C(=O)Oc1c(C)cc([N+](=O)[O-])cc1[N+](=O)[O-].O=C(C(=O)n1ccccc1=O)n1ccccc1=O. The fraction of sp³-hybridized carbons (Fsp3) is 0.0714. The number of benzene rings is 2. The Morgan fingerprint density at radius 1 is 0.560 bits per heavy atom. The molecule has 256 valence electrons. The predicted octanol–water partition coefficient (Wildman–Crippen LogP) is 2.44. The molecule has 0 unspecified atom stereocenters. The number of nitro benzene ring substituents is 4. The number of nitrogens with zero attached hydrogens (tertiary/aromatic N) is 6. The van der Waals surface area contributed by atoms with E-state index in [9.17, 15) is 69.2 Å². The van der Waals surface area contributed by atoms with Gasteiger partial charge in [0, 0.05) is 47.8 Å². The second-order valence-corrected chi connectivity index (χ2v) is 9.46. The maximum atomic E-state index is 12.1. The van der Waals surface area contributed by atoms with Gasteiger partial charge >= 0.3 is 35.1 Å². The van der Waals surface area contributed by atoms with Crippen LogP contribution >= 0.6 is 0 Å². The Balaban J connectivity index is 0.000000316. The minimum absolute atomic E-state index is 0.232. The summed E-state index contributed by atoms with van der Waals surface area (Å²) in [5, 5.41) is 44.1. The molecule has 4 rings (SSSR count). The highest BCUT2D eigenvalue weighted by molar-refractivity contribution is 6.36. The topological polar surface area (TPSA) is 303 Å². The molecular weight excluding hydrogens is 676 g/mol. The molecule has 0 N–H and O–H groups in total. The van der Waals surface area contributed by atoms with Crippen LogP contribution in [0.15, 0.2) is 82.6 Å². The molecule has 0 saturated heterocycles. The number of ether oxygens (including phenoxy) is 2. The van der Waals surface area contributed by atoms with Crippen molar-refractivity contribution in [2.45, 2.75) is 13.8 Å². The molecule has 22 nitrogen and oxygen atoms in total. The first-order chi connectivity index (χ1) is 23.4. The van der Waals surface area contributed by atoms with Gasteiger partial charge in [-0.25, -0.2) is 18.7 Å². The van der Waals surface area contributed by atoms with Crippen molar-refractivity contribution in [1.29, 1.82) is 0 Å². The first-order valence-corrected chi connectivity index (χ1v) is 13.2. The maximum Gasteiger partial charge on any atom is 0.423 e. The summed E-state index contributed by atoms with van der Waals surface area (Å²) in [6, 6.07) is 10.8. The van der Waals surface area contributed by atoms with Gasteiger partial charge in [0.25, 0.3) is 22.5 Å². The summed E-state index contributed by atoms with van der Waals surface area (Å²) in [5.74, 6) is -7.38. The van der Waals surface area contributed by atoms with Gasteiger partial charge in [0.05, 0.1) is 31.8 Å². The van der Waals surface area contributed by atoms with Crippen molar-refractivity contribution in [3.8, 4) is 11.5 Å². The highest BCUT2D eigenvalue weighted by atomic mass is 16.7. The van der Waals surface area contributed by atoms with Gasteiger partial charge in [-0.3, -0.25) is 59.6 Å². The van der Waals surface area contributed by atoms with Crippen molar-refractivity contribution in [2.24, 2.45) is 0 Å². The van der Waals surface area contributed by atoms with Crippen molar-refractivity contribution in [3.05, 3.63) is 145 Å². The Morgan fingerprint density at radius 3 is 1.18 bits per heavy atom. The highest BCUT2D eigenvalue weighted by Crippen LogP contribution is 2.37. The van der Waals surface area contributed by atoms with Crippen molar-refractivity contribution < 1.29 is 48.3 Å². The van der Waals surface area contributed by atoms with Gasteiger partial charge < -0.3 is 9.47 Å². The average molecular weight is 694 g/mol. The molecule has 0 atom stereocenters. The largest absolute Gasteiger partial charge is 0.423 e. The van der Waals surface area contributed by atoms with Crippen LogP contribution in [0.5, 0.6) is 11.5 Å². The summed E-state index contributed by atoms with van der Waals surface area (Å²) in [5.41, 5.74) is -5.04. The molecular formula is C28H18N6O16. The lowest BCUT2D eigenvalue weighted by Gasteiger charge is -2.09. The number of aromatic nitrogens is 2. The van der Waals surface area contributed by atoms with Gasteiger partial charge in [0.15, 0.2) is 0 Å². The fourth-order valence-electron chi connectivity index (χ4n) is 3.89. The van der Waals surface area contributed by atoms with E-state index in [2.05, 4.69) is 9.47 Å². The van der Waals surface area contributed by atoms with Gasteiger partial charge in [0.1, 0.15) is 0 Å². The third-order valence-electron chi connectivity index (χ3n) is 6.12. The predicted molar refractivity (Wildman–Crippen MR) is 163 cm³/mol. The van der Waals surface area contributed by atoms with Crippen LogP contribution < -0.4 is 20.6 Å². The number of non-ortho nitro benzene ring substituents is 2. The van der Waals surface area contributed by atoms with Crippen LogP contribution in [0, 0.1) is 54.3 Å². The summed E-state index contributed by atoms with van der Waals surface area (Å²) in [4.78, 5) is 111. The third-order valence-corrected chi connectivity index (χ3v) is 6.12. The van der Waals surface area contributed by atoms with Gasteiger partial charge in [-0.15, -0.1) is 0 Å². The molecule has 0 spiro atoms. The number of aryl methyl sites for hydroxylation is 2. The molecule has 0 aliphatic rings. The van der Waals surface area contributed by atoms with Gasteiger partial charge in [0.2, 0.25) is 11.5 Å². The van der Waals surface area contributed by atoms with Crippen LogP contribution in [-0.4, -0.2) is 52.6 Å². The number of carbonyl (C=O) groups excluding carboxylic acids is 4. The van der Waals surface area contributed by atoms with E-state index in [4.69, 9.17) is 0 Å². The third kappa shape index (κ3) is 8.32. The van der Waals surface area contributed by atoms with E-state index in [1.807, 2.05) is 0 Å². The van der Waals surface area contributed by atoms with E-state index in [0.717, 1.165) is 38.1 Å². The van der Waals surface area contributed by atoms with E-state index in [-0.39, 0.29) is 11.1 Å². The number of nitro groups is 4. The molecule has 0 aliphatic carbocycles. The number of esters is 2. The smallest absolute Gasteiger partial charge is 0.410 e. The minimum Gasteiger partial charge on any atom is -0.410 e. The van der Waals surface area contributed by atoms with Crippen LogP contribution in [0.25, 0.3) is 0 Å². The van der Waals surface area contributed by atoms with Crippen LogP contribution in [0.1, 0.15) is 20.7 Å². The second-order valence-electron chi connectivity index (χ2n) is 9.46. The molecule has 0 amide bonds. The molecule has 2 aromatic heterocycles. The molecule has 0 saturated carbocycles. The Bertz CT molecular complexity index is 2080. The zero-order chi connectivity index (χ0) is 37.4. The quantitative estimate of drug-likeness (QED) is 0.0919. The number of hydrogen-bond donors (Lipinski definition) is 0. The highest BCUT2D eigenvalue weighted by Gasteiger charge is 2.32. The first-order valence-electron chi connectivity index (χ1n) is 13.2. The number of hydrogen-bond acceptors (Lipinski definition) is 16. The van der Waals surface area contributed by atoms with Crippen molar-refractivity contribution in [2.75, 3.05) is 0 Å². The van der Waals surface area contributed by atoms with Crippen LogP contribution in [0.2, 0.25) is 0 Å². The van der Waals surface area contributed by atoms with E-state index in [1.165, 1.54) is 36.7 Å². The molecule has 4 aromatic rings. The van der Waals surface area contributed by atoms with Gasteiger partial charge in [-0.2, -0.15) is 0 Å². The molecule has 2 heterocycles. The summed E-state index contributed by atoms with van der Waals surface area (Å²) in [6.07, 6.45) is 2.35. The molecule has 0 bridgehead atoms. The van der Waals surface area contributed by atoms with Crippen molar-refractivity contribution >= 4 is 46.5 Å². The average Bonchev–Trinajstić information content (AvgIpc) is 3.05. The minimum atomic E-state index is -1.84. The fourth-order valence-corrected chi connectivity index (χ4v) is 3.89. The lowest BCUT2D eigenvalue weighted by atomic mass is 10.1. The van der Waals surface area contributed by atoms with Crippen LogP contribution in [0.3, 0.4) is 0 Å². The normalized spacial score (nSPS) is 10.1. The number of rotatable bonds is 6. The maximum absolute atomic E-state index is 12.1. The van der Waals surface area contributed by atoms with Crippen LogP contribution in [0.4, 0.5) is 22.7 Å². The summed E-state index contributed by atoms with van der Waals surface area (Å²) in [6.45, 7) is 2.28. The van der Waals surface area contributed by atoms with Crippen molar-refractivity contribution in [1.82, 2.24) is 9.13 Å². The van der Waals surface area contributed by atoms with Gasteiger partial charge in [-0.05, 0) is 26.0 Å². The number of pyridine rings is 2. The lowest BCUT2D eigenvalue weighted by molar-refractivity contribution is -0.395. The van der Waals surface area contributed by atoms with E-state index >= 15 is 0 Å². The number of carbonyl (C=O) groups is 4. The monoisotopic (exact) mass is 694 g/mol. The first kappa shape index (κ1) is 36.7. The zero-order valence-corrected chi connectivity index (χ0v) is 25.1. The molecule has 50 heavy (non-hydrogen) atoms. The Labute approximate surface area is 274 Å². The van der Waals surface area contributed by atoms with E-state index in [0.29, 0.717) is 21.3 Å². The van der Waals surface area contributed by atoms with Gasteiger partial charge in [-0.1, -0.05) is 12.1 Å². The standard InChI is InChI=1S/C16H10N4O12.C12H8N2O4/c1-7-3-9(17(23)24)5-11(19(27)28)13(7)31-15(21)16(22)32-14-8(2)4-10(18(25)26)6-12(14)20(29)30;15-9-5-1-3-7-13(9)11(17)12(18)14-8-4-2-6-10(14)16/h3-6H,1-2H3;1-8H.